The molecule has 6 aromatic rings. The van der Waals surface area contributed by atoms with Gasteiger partial charge >= 0.3 is 5.97 Å². The van der Waals surface area contributed by atoms with Crippen LogP contribution in [0.3, 0.4) is 0 Å². The zero-order valence-corrected chi connectivity index (χ0v) is 32.8. The molecule has 0 bridgehead atoms. The van der Waals surface area contributed by atoms with Gasteiger partial charge in [-0.1, -0.05) is 71.8 Å². The van der Waals surface area contributed by atoms with Gasteiger partial charge in [0, 0.05) is 22.5 Å². The second kappa shape index (κ2) is 18.5. The highest BCUT2D eigenvalue weighted by atomic mass is 32.2. The second-order valence-electron chi connectivity index (χ2n) is 12.4. The molecule has 0 fully saturated rings. The zero-order valence-electron chi connectivity index (χ0n) is 31.1. The molecule has 0 radical (unpaired) electrons. The Morgan fingerprint density at radius 1 is 0.596 bits per heavy atom. The Labute approximate surface area is 329 Å². The van der Waals surface area contributed by atoms with Crippen LogP contribution >= 0.6 is 0 Å². The van der Waals surface area contributed by atoms with Crippen molar-refractivity contribution in [1.82, 2.24) is 19.9 Å². The molecule has 0 aliphatic carbocycles. The van der Waals surface area contributed by atoms with Crippen LogP contribution in [0.15, 0.2) is 109 Å². The number of rotatable bonds is 9. The van der Waals surface area contributed by atoms with Crippen molar-refractivity contribution in [2.45, 2.75) is 13.8 Å². The molecule has 1 amide bonds. The van der Waals surface area contributed by atoms with Gasteiger partial charge in [0.15, 0.2) is 23.0 Å². The van der Waals surface area contributed by atoms with Crippen molar-refractivity contribution in [3.8, 4) is 22.5 Å². The summed E-state index contributed by atoms with van der Waals surface area (Å²) in [5.74, 6) is -1.80. The third-order valence-electron chi connectivity index (χ3n) is 7.33. The third-order valence-corrected chi connectivity index (χ3v) is 8.54. The number of nitrogen functional groups attached to an aromatic ring is 3. The number of benzene rings is 4. The maximum Gasteiger partial charge on any atom is 0.358 e. The van der Waals surface area contributed by atoms with Gasteiger partial charge in [0.1, 0.15) is 0 Å². The highest BCUT2D eigenvalue weighted by Crippen LogP contribution is 2.22. The molecule has 0 saturated heterocycles. The van der Waals surface area contributed by atoms with E-state index in [1.165, 1.54) is 18.5 Å². The van der Waals surface area contributed by atoms with Crippen molar-refractivity contribution >= 4 is 66.3 Å². The summed E-state index contributed by atoms with van der Waals surface area (Å²) in [4.78, 5) is 39.7. The average molecular weight is 813 g/mol. The van der Waals surface area contributed by atoms with Gasteiger partial charge in [0.25, 0.3) is 5.91 Å². The van der Waals surface area contributed by atoms with E-state index in [-0.39, 0.29) is 23.0 Å². The number of hydrogen-bond acceptors (Lipinski definition) is 13. The topological polar surface area (TPSA) is 288 Å². The fourth-order valence-corrected chi connectivity index (χ4v) is 5.84. The number of carboxylic acids is 1. The number of nitrogens with one attached hydrogen (secondary N) is 3. The first-order valence-electron chi connectivity index (χ1n) is 16.6. The van der Waals surface area contributed by atoms with E-state index in [2.05, 4.69) is 34.7 Å². The van der Waals surface area contributed by atoms with Crippen molar-refractivity contribution in [3.63, 3.8) is 0 Å². The van der Waals surface area contributed by atoms with E-state index in [0.29, 0.717) is 34.1 Å². The molecule has 4 aromatic carbocycles. The molecular formula is C38H40N10O7S2. The van der Waals surface area contributed by atoms with Crippen molar-refractivity contribution < 1.29 is 31.5 Å². The Kier molecular flexibility index (Phi) is 13.8. The van der Waals surface area contributed by atoms with Crippen molar-refractivity contribution in [2.75, 3.05) is 44.5 Å². The maximum absolute atomic E-state index is 12.6. The van der Waals surface area contributed by atoms with Crippen LogP contribution in [0, 0.1) is 13.8 Å². The number of amides is 1. The van der Waals surface area contributed by atoms with Crippen LogP contribution in [0.4, 0.5) is 34.4 Å². The standard InChI is InChI=1S/C19H19N5O3S.C12H11N3O2.C7H10N2O2S/c1-12-6-8-13(9-7-12)16-11-21-18(20)17(23-16)19(25)22-14-4-3-5-15(10-14)24-28(2,26)27;1-7-2-4-8(5-3-7)9-6-14-11(13)10(15-9)12(16)17;1-12(10,11)9-7-4-2-3-6(8)5-7/h3-11,24H,1-2H3,(H2,20,21)(H,22,25);2-6H,1H3,(H2,13,14)(H,16,17);2-5,9H,8H2,1H3. The molecule has 19 heteroatoms. The third kappa shape index (κ3) is 13.6. The Balaban J connectivity index is 0.000000210. The van der Waals surface area contributed by atoms with E-state index in [1.807, 2.05) is 62.4 Å². The number of aryl methyl sites for hydroxylation is 2. The van der Waals surface area contributed by atoms with Crippen LogP contribution in [0.1, 0.15) is 32.1 Å². The monoisotopic (exact) mass is 812 g/mol. The number of nitrogens with zero attached hydrogens (tertiary/aromatic N) is 4. The molecule has 2 aromatic heterocycles. The Morgan fingerprint density at radius 2 is 1.02 bits per heavy atom. The molecule has 0 unspecified atom stereocenters. The molecule has 0 saturated carbocycles. The van der Waals surface area contributed by atoms with E-state index >= 15 is 0 Å². The van der Waals surface area contributed by atoms with Crippen molar-refractivity contribution in [3.05, 3.63) is 132 Å². The van der Waals surface area contributed by atoms with Crippen LogP contribution in [0.2, 0.25) is 0 Å². The maximum atomic E-state index is 12.6. The lowest BCUT2D eigenvalue weighted by molar-refractivity contribution is 0.0691. The van der Waals surface area contributed by atoms with Crippen LogP contribution in [-0.2, 0) is 20.0 Å². The summed E-state index contributed by atoms with van der Waals surface area (Å²) >= 11 is 0. The minimum absolute atomic E-state index is 0.00113. The number of aromatic nitrogens is 4. The molecule has 0 aliphatic heterocycles. The molecule has 17 nitrogen and oxygen atoms in total. The van der Waals surface area contributed by atoms with Gasteiger partial charge in [-0.05, 0) is 50.2 Å². The minimum atomic E-state index is -3.43. The van der Waals surface area contributed by atoms with E-state index < -0.39 is 31.9 Å². The predicted octanol–water partition coefficient (Wildman–Crippen LogP) is 5.03. The fraction of sp³-hybridized carbons (Fsp3) is 0.105. The number of hydrogen-bond donors (Lipinski definition) is 7. The molecule has 296 valence electrons. The van der Waals surface area contributed by atoms with Crippen LogP contribution in [0.25, 0.3) is 22.5 Å². The van der Waals surface area contributed by atoms with E-state index in [9.17, 15) is 26.4 Å². The summed E-state index contributed by atoms with van der Waals surface area (Å²) in [6.45, 7) is 3.95. The highest BCUT2D eigenvalue weighted by molar-refractivity contribution is 7.92. The largest absolute Gasteiger partial charge is 0.476 e. The van der Waals surface area contributed by atoms with Gasteiger partial charge in [0.05, 0.1) is 47.7 Å². The van der Waals surface area contributed by atoms with Gasteiger partial charge in [-0.25, -0.2) is 41.6 Å². The average Bonchev–Trinajstić information content (AvgIpc) is 3.12. The van der Waals surface area contributed by atoms with Gasteiger partial charge in [0.2, 0.25) is 20.0 Å². The van der Waals surface area contributed by atoms with E-state index in [1.54, 1.807) is 42.5 Å². The lowest BCUT2D eigenvalue weighted by atomic mass is 10.1. The van der Waals surface area contributed by atoms with Crippen LogP contribution < -0.4 is 32.0 Å². The van der Waals surface area contributed by atoms with Gasteiger partial charge in [-0.15, -0.1) is 0 Å². The van der Waals surface area contributed by atoms with Crippen LogP contribution in [0.5, 0.6) is 0 Å². The Morgan fingerprint density at radius 3 is 1.47 bits per heavy atom. The molecule has 0 atom stereocenters. The minimum Gasteiger partial charge on any atom is -0.476 e. The first-order valence-corrected chi connectivity index (χ1v) is 20.4. The van der Waals surface area contributed by atoms with Crippen molar-refractivity contribution in [2.24, 2.45) is 0 Å². The second-order valence-corrected chi connectivity index (χ2v) is 15.9. The number of sulfonamides is 2. The SMILES string of the molecule is CS(=O)(=O)Nc1cccc(N)c1.Cc1ccc(-c2cnc(N)c(C(=O)Nc3cccc(NS(C)(=O)=O)c3)n2)cc1.Cc1ccc(-c2cnc(N)c(C(=O)O)n2)cc1. The smallest absolute Gasteiger partial charge is 0.358 e. The zero-order chi connectivity index (χ0) is 41.9. The molecule has 10 N–H and O–H groups in total. The summed E-state index contributed by atoms with van der Waals surface area (Å²) in [5.41, 5.74) is 23.1. The number of anilines is 6. The molecule has 2 heterocycles. The summed E-state index contributed by atoms with van der Waals surface area (Å²) in [7, 11) is -6.63. The fourth-order valence-electron chi connectivity index (χ4n) is 4.73. The summed E-state index contributed by atoms with van der Waals surface area (Å²) in [6.07, 6.45) is 5.11. The molecule has 0 aliphatic rings. The van der Waals surface area contributed by atoms with Gasteiger partial charge in [-0.3, -0.25) is 14.2 Å². The molecule has 0 spiro atoms. The first-order chi connectivity index (χ1) is 26.8. The summed E-state index contributed by atoms with van der Waals surface area (Å²) in [6, 6.07) is 28.1. The lowest BCUT2D eigenvalue weighted by Crippen LogP contribution is -2.17. The summed E-state index contributed by atoms with van der Waals surface area (Å²) < 4.78 is 48.9. The molecular weight excluding hydrogens is 773 g/mol. The predicted molar refractivity (Wildman–Crippen MR) is 222 cm³/mol. The number of carbonyl (C=O) groups is 2. The Hall–Kier alpha value is -7.12. The highest BCUT2D eigenvalue weighted by Gasteiger charge is 2.16. The number of carbonyl (C=O) groups excluding carboxylic acids is 1. The molecule has 57 heavy (non-hydrogen) atoms. The lowest BCUT2D eigenvalue weighted by Gasteiger charge is -2.10. The number of carboxylic acid groups (broad SMARTS) is 1. The number of nitrogens with two attached hydrogens (primary N) is 3. The Bertz CT molecular complexity index is 2610. The quantitative estimate of drug-likeness (QED) is 0.0943. The van der Waals surface area contributed by atoms with E-state index in [4.69, 9.17) is 22.3 Å². The van der Waals surface area contributed by atoms with Gasteiger partial charge < -0.3 is 27.6 Å². The van der Waals surface area contributed by atoms with E-state index in [0.717, 1.165) is 34.8 Å². The van der Waals surface area contributed by atoms with Crippen LogP contribution in [-0.4, -0.2) is 66.3 Å². The van der Waals surface area contributed by atoms with Crippen molar-refractivity contribution in [1.29, 1.82) is 0 Å². The number of aromatic carboxylic acids is 1. The molecule has 6 rings (SSSR count). The summed E-state index contributed by atoms with van der Waals surface area (Å²) in [5, 5.41) is 11.6. The normalized spacial score (nSPS) is 10.8. The van der Waals surface area contributed by atoms with Gasteiger partial charge in [-0.2, -0.15) is 0 Å². The first kappa shape index (κ1) is 42.6.